The smallest absolute Gasteiger partial charge is 0.410 e. The Morgan fingerprint density at radius 3 is 2.50 bits per heavy atom. The van der Waals surface area contributed by atoms with Crippen LogP contribution in [0.25, 0.3) is 10.9 Å². The van der Waals surface area contributed by atoms with Crippen molar-refractivity contribution in [1.82, 2.24) is 14.8 Å². The van der Waals surface area contributed by atoms with Crippen molar-refractivity contribution in [3.8, 4) is 0 Å². The van der Waals surface area contributed by atoms with Gasteiger partial charge < -0.3 is 19.5 Å². The summed E-state index contributed by atoms with van der Waals surface area (Å²) in [6.07, 6.45) is 1.49. The molecule has 0 aliphatic carbocycles. The van der Waals surface area contributed by atoms with Gasteiger partial charge in [-0.15, -0.1) is 0 Å². The van der Waals surface area contributed by atoms with Crippen molar-refractivity contribution < 1.29 is 14.3 Å². The molecule has 0 unspecified atom stereocenters. The van der Waals surface area contributed by atoms with Gasteiger partial charge in [0.15, 0.2) is 0 Å². The number of H-pyrrole nitrogens is 1. The Morgan fingerprint density at radius 2 is 1.86 bits per heavy atom. The summed E-state index contributed by atoms with van der Waals surface area (Å²) in [7, 11) is 1.78. The van der Waals surface area contributed by atoms with E-state index in [-0.39, 0.29) is 12.0 Å². The number of aryl methyl sites for hydroxylation is 1. The number of hydrogen-bond acceptors (Lipinski definition) is 3. The molecule has 2 heterocycles. The number of nitrogens with zero attached hydrogens (tertiary/aromatic N) is 2. The predicted molar refractivity (Wildman–Crippen MR) is 111 cm³/mol. The van der Waals surface area contributed by atoms with Gasteiger partial charge in [-0.1, -0.05) is 18.2 Å². The molecule has 1 saturated heterocycles. The fraction of sp³-hybridized carbons (Fsp3) is 0.545. The van der Waals surface area contributed by atoms with Crippen LogP contribution < -0.4 is 0 Å². The topological polar surface area (TPSA) is 65.6 Å². The van der Waals surface area contributed by atoms with Gasteiger partial charge >= 0.3 is 6.09 Å². The van der Waals surface area contributed by atoms with Gasteiger partial charge in [-0.05, 0) is 52.5 Å². The van der Waals surface area contributed by atoms with E-state index in [2.05, 4.69) is 4.98 Å². The highest BCUT2D eigenvalue weighted by Crippen LogP contribution is 2.26. The maximum Gasteiger partial charge on any atom is 0.410 e. The number of nitrogens with one attached hydrogen (secondary N) is 1. The first-order chi connectivity index (χ1) is 13.2. The first-order valence-electron chi connectivity index (χ1n) is 9.96. The van der Waals surface area contributed by atoms with Gasteiger partial charge in [0.25, 0.3) is 5.91 Å². The van der Waals surface area contributed by atoms with Crippen LogP contribution in [0.3, 0.4) is 0 Å². The van der Waals surface area contributed by atoms with Crippen LogP contribution in [0.15, 0.2) is 24.3 Å². The summed E-state index contributed by atoms with van der Waals surface area (Å²) in [4.78, 5) is 32.2. The molecule has 0 bridgehead atoms. The summed E-state index contributed by atoms with van der Waals surface area (Å²) in [5.74, 6) is 0.472. The maximum atomic E-state index is 13.1. The lowest BCUT2D eigenvalue weighted by Crippen LogP contribution is -2.43. The van der Waals surface area contributed by atoms with Crippen LogP contribution in [0, 0.1) is 12.8 Å². The number of likely N-dealkylation sites (tertiary alicyclic amines) is 1. The Bertz CT molecular complexity index is 858. The molecular weight excluding hydrogens is 354 g/mol. The van der Waals surface area contributed by atoms with Gasteiger partial charge in [0, 0.05) is 43.3 Å². The number of fused-ring (bicyclic) bond motifs is 1. The van der Waals surface area contributed by atoms with Crippen LogP contribution in [-0.4, -0.2) is 59.1 Å². The molecular formula is C22H31N3O3. The number of ether oxygens (including phenoxy) is 1. The average Bonchev–Trinajstić information content (AvgIpc) is 2.96. The number of carbonyl (C=O) groups is 2. The number of benzene rings is 1. The molecule has 28 heavy (non-hydrogen) atoms. The van der Waals surface area contributed by atoms with Crippen molar-refractivity contribution in [3.63, 3.8) is 0 Å². The molecule has 1 aromatic heterocycles. The summed E-state index contributed by atoms with van der Waals surface area (Å²) in [5, 5.41) is 0.983. The molecule has 0 spiro atoms. The zero-order chi connectivity index (χ0) is 20.5. The van der Waals surface area contributed by atoms with Crippen LogP contribution in [-0.2, 0) is 4.74 Å². The SMILES string of the molecule is Cc1[nH]c2ccccc2c1C(=O)N1CCC(CN(C)C(=O)OC(C)(C)C)CC1. The zero-order valence-electron chi connectivity index (χ0n) is 17.5. The first-order valence-corrected chi connectivity index (χ1v) is 9.96. The van der Waals surface area contributed by atoms with Crippen molar-refractivity contribution in [3.05, 3.63) is 35.5 Å². The van der Waals surface area contributed by atoms with Crippen molar-refractivity contribution in [2.24, 2.45) is 5.92 Å². The Hall–Kier alpha value is -2.50. The fourth-order valence-corrected chi connectivity index (χ4v) is 3.83. The minimum absolute atomic E-state index is 0.0916. The molecule has 2 aromatic rings. The minimum Gasteiger partial charge on any atom is -0.444 e. The van der Waals surface area contributed by atoms with Gasteiger partial charge in [0.2, 0.25) is 0 Å². The Labute approximate surface area is 166 Å². The maximum absolute atomic E-state index is 13.1. The second-order valence-electron chi connectivity index (χ2n) is 8.77. The lowest BCUT2D eigenvalue weighted by molar-refractivity contribution is 0.0246. The second kappa shape index (κ2) is 7.86. The second-order valence-corrected chi connectivity index (χ2v) is 8.77. The molecule has 1 fully saturated rings. The fourth-order valence-electron chi connectivity index (χ4n) is 3.83. The van der Waals surface area contributed by atoms with Crippen LogP contribution >= 0.6 is 0 Å². The molecule has 0 atom stereocenters. The van der Waals surface area contributed by atoms with Crippen LogP contribution in [0.4, 0.5) is 4.79 Å². The highest BCUT2D eigenvalue weighted by Gasteiger charge is 2.28. The quantitative estimate of drug-likeness (QED) is 0.861. The largest absolute Gasteiger partial charge is 0.444 e. The van der Waals surface area contributed by atoms with Crippen molar-refractivity contribution in [2.45, 2.75) is 46.1 Å². The normalized spacial score (nSPS) is 15.7. The number of aromatic amines is 1. The number of carbonyl (C=O) groups excluding carboxylic acids is 2. The molecule has 2 amide bonds. The molecule has 152 valence electrons. The predicted octanol–water partition coefficient (Wildman–Crippen LogP) is 4.20. The third-order valence-electron chi connectivity index (χ3n) is 5.25. The van der Waals surface area contributed by atoms with Crippen LogP contribution in [0.5, 0.6) is 0 Å². The molecule has 1 aliphatic rings. The lowest BCUT2D eigenvalue weighted by atomic mass is 9.95. The zero-order valence-corrected chi connectivity index (χ0v) is 17.5. The van der Waals surface area contributed by atoms with Crippen molar-refractivity contribution in [2.75, 3.05) is 26.7 Å². The van der Waals surface area contributed by atoms with Gasteiger partial charge in [0.05, 0.1) is 5.56 Å². The molecule has 1 N–H and O–H groups in total. The average molecular weight is 386 g/mol. The van der Waals surface area contributed by atoms with E-state index in [9.17, 15) is 9.59 Å². The minimum atomic E-state index is -0.488. The summed E-state index contributed by atoms with van der Waals surface area (Å²) in [5.41, 5.74) is 2.20. The number of hydrogen-bond donors (Lipinski definition) is 1. The van der Waals surface area contributed by atoms with E-state index < -0.39 is 5.60 Å². The summed E-state index contributed by atoms with van der Waals surface area (Å²) in [6, 6.07) is 7.93. The van der Waals surface area contributed by atoms with E-state index in [0.29, 0.717) is 25.6 Å². The van der Waals surface area contributed by atoms with E-state index in [4.69, 9.17) is 4.74 Å². The van der Waals surface area contributed by atoms with Crippen LogP contribution in [0.2, 0.25) is 0 Å². The van der Waals surface area contributed by atoms with E-state index in [1.165, 1.54) is 0 Å². The van der Waals surface area contributed by atoms with E-state index in [0.717, 1.165) is 35.0 Å². The Balaban J connectivity index is 1.58. The highest BCUT2D eigenvalue weighted by atomic mass is 16.6. The van der Waals surface area contributed by atoms with Gasteiger partial charge in [-0.25, -0.2) is 4.79 Å². The Morgan fingerprint density at radius 1 is 1.21 bits per heavy atom. The number of para-hydroxylation sites is 1. The van der Waals surface area contributed by atoms with Gasteiger partial charge in [-0.3, -0.25) is 4.79 Å². The van der Waals surface area contributed by atoms with Crippen molar-refractivity contribution in [1.29, 1.82) is 0 Å². The Kier molecular flexibility index (Phi) is 5.68. The molecule has 3 rings (SSSR count). The van der Waals surface area contributed by atoms with E-state index in [1.807, 2.05) is 56.9 Å². The van der Waals surface area contributed by atoms with Crippen molar-refractivity contribution >= 4 is 22.9 Å². The number of aromatic nitrogens is 1. The molecule has 1 aliphatic heterocycles. The lowest BCUT2D eigenvalue weighted by Gasteiger charge is -2.34. The molecule has 0 radical (unpaired) electrons. The molecule has 1 aromatic carbocycles. The highest BCUT2D eigenvalue weighted by molar-refractivity contribution is 6.08. The standard InChI is InChI=1S/C22H31N3O3/c1-15-19(17-8-6-7-9-18(17)23-15)20(26)25-12-10-16(11-13-25)14-24(5)21(27)28-22(2,3)4/h6-9,16,23H,10-14H2,1-5H3. The van der Waals surface area contributed by atoms with Gasteiger partial charge in [0.1, 0.15) is 5.60 Å². The first kappa shape index (κ1) is 20.2. The van der Waals surface area contributed by atoms with Gasteiger partial charge in [-0.2, -0.15) is 0 Å². The number of amides is 2. The van der Waals surface area contributed by atoms with E-state index in [1.54, 1.807) is 11.9 Å². The summed E-state index contributed by atoms with van der Waals surface area (Å²) in [6.45, 7) is 9.65. The molecule has 0 saturated carbocycles. The molecule has 6 heteroatoms. The third kappa shape index (κ3) is 4.49. The monoisotopic (exact) mass is 385 g/mol. The van der Waals surface area contributed by atoms with E-state index >= 15 is 0 Å². The number of rotatable bonds is 3. The molecule has 6 nitrogen and oxygen atoms in total. The summed E-state index contributed by atoms with van der Waals surface area (Å²) >= 11 is 0. The summed E-state index contributed by atoms with van der Waals surface area (Å²) < 4.78 is 5.42. The third-order valence-corrected chi connectivity index (χ3v) is 5.25. The van der Waals surface area contributed by atoms with Crippen LogP contribution in [0.1, 0.15) is 49.7 Å². The number of piperidine rings is 1.